The third-order valence-corrected chi connectivity index (χ3v) is 4.79. The number of amides is 2. The average molecular weight is 398 g/mol. The van der Waals surface area contributed by atoms with E-state index in [1.165, 1.54) is 5.56 Å². The fourth-order valence-electron chi connectivity index (χ4n) is 3.39. The van der Waals surface area contributed by atoms with Gasteiger partial charge in [0, 0.05) is 24.8 Å². The molecule has 0 saturated heterocycles. The van der Waals surface area contributed by atoms with Crippen molar-refractivity contribution < 1.29 is 14.3 Å². The molecule has 0 saturated carbocycles. The maximum atomic E-state index is 12.6. The molecule has 29 heavy (non-hydrogen) atoms. The molecule has 2 aromatic rings. The summed E-state index contributed by atoms with van der Waals surface area (Å²) >= 11 is 0. The van der Waals surface area contributed by atoms with Crippen LogP contribution in [0.1, 0.15) is 22.3 Å². The molecule has 156 valence electrons. The van der Waals surface area contributed by atoms with Crippen LogP contribution >= 0.6 is 0 Å². The van der Waals surface area contributed by atoms with Crippen molar-refractivity contribution in [1.29, 1.82) is 0 Å². The molecule has 1 N–H and O–H groups in total. The van der Waals surface area contributed by atoms with Crippen molar-refractivity contribution in [3.05, 3.63) is 58.7 Å². The summed E-state index contributed by atoms with van der Waals surface area (Å²) in [7, 11) is 5.13. The highest BCUT2D eigenvalue weighted by atomic mass is 16.5. The van der Waals surface area contributed by atoms with Gasteiger partial charge < -0.3 is 15.0 Å². The number of nitrogens with one attached hydrogen (secondary N) is 1. The number of aryl methyl sites for hydroxylation is 3. The number of rotatable bonds is 8. The van der Waals surface area contributed by atoms with E-state index in [1.54, 1.807) is 31.0 Å². The lowest BCUT2D eigenvalue weighted by Crippen LogP contribution is -2.39. The highest BCUT2D eigenvalue weighted by Crippen LogP contribution is 2.22. The number of likely N-dealkylation sites (N-methyl/N-ethyl adjacent to an activating group) is 2. The van der Waals surface area contributed by atoms with Crippen molar-refractivity contribution in [2.75, 3.05) is 39.6 Å². The third-order valence-electron chi connectivity index (χ3n) is 4.79. The lowest BCUT2D eigenvalue weighted by molar-refractivity contribution is -0.131. The van der Waals surface area contributed by atoms with E-state index in [-0.39, 0.29) is 24.9 Å². The van der Waals surface area contributed by atoms with Crippen molar-refractivity contribution in [3.8, 4) is 5.75 Å². The molecule has 0 aliphatic rings. The van der Waals surface area contributed by atoms with Gasteiger partial charge in [0.25, 0.3) is 0 Å². The number of hydrogen-bond donors (Lipinski definition) is 1. The van der Waals surface area contributed by atoms with Crippen molar-refractivity contribution in [2.45, 2.75) is 27.3 Å². The van der Waals surface area contributed by atoms with Gasteiger partial charge in [-0.05, 0) is 45.0 Å². The standard InChI is InChI=1S/C23H31N3O3/c1-16-11-17(2)23(18(3)12-16)24-21(27)14-25(4)15-22(28)26(5)13-19-9-7-8-10-20(19)29-6/h7-12H,13-15H2,1-6H3,(H,24,27). The summed E-state index contributed by atoms with van der Waals surface area (Å²) < 4.78 is 5.34. The van der Waals surface area contributed by atoms with Crippen LogP contribution in [0.15, 0.2) is 36.4 Å². The first kappa shape index (κ1) is 22.4. The van der Waals surface area contributed by atoms with Gasteiger partial charge >= 0.3 is 0 Å². The molecule has 0 heterocycles. The monoisotopic (exact) mass is 397 g/mol. The van der Waals surface area contributed by atoms with Gasteiger partial charge in [-0.25, -0.2) is 0 Å². The summed E-state index contributed by atoms with van der Waals surface area (Å²) in [6.45, 7) is 6.74. The van der Waals surface area contributed by atoms with Gasteiger partial charge in [-0.3, -0.25) is 14.5 Å². The maximum absolute atomic E-state index is 12.6. The smallest absolute Gasteiger partial charge is 0.238 e. The fraction of sp³-hybridized carbons (Fsp3) is 0.391. The lowest BCUT2D eigenvalue weighted by Gasteiger charge is -2.23. The first-order chi connectivity index (χ1) is 13.7. The molecule has 0 unspecified atom stereocenters. The lowest BCUT2D eigenvalue weighted by atomic mass is 10.1. The molecule has 0 radical (unpaired) electrons. The van der Waals surface area contributed by atoms with Crippen molar-refractivity contribution in [2.24, 2.45) is 0 Å². The first-order valence-electron chi connectivity index (χ1n) is 9.63. The number of ether oxygens (including phenoxy) is 1. The molecule has 0 atom stereocenters. The van der Waals surface area contributed by atoms with Crippen LogP contribution in [-0.2, 0) is 16.1 Å². The zero-order valence-corrected chi connectivity index (χ0v) is 18.2. The number of benzene rings is 2. The zero-order valence-electron chi connectivity index (χ0n) is 18.2. The molecule has 2 aromatic carbocycles. The van der Waals surface area contributed by atoms with E-state index in [4.69, 9.17) is 4.74 Å². The van der Waals surface area contributed by atoms with E-state index in [2.05, 4.69) is 5.32 Å². The van der Waals surface area contributed by atoms with Crippen molar-refractivity contribution >= 4 is 17.5 Å². The van der Waals surface area contributed by atoms with E-state index in [1.807, 2.05) is 57.2 Å². The van der Waals surface area contributed by atoms with Crippen LogP contribution < -0.4 is 10.1 Å². The third kappa shape index (κ3) is 6.32. The van der Waals surface area contributed by atoms with E-state index in [0.29, 0.717) is 6.54 Å². The van der Waals surface area contributed by atoms with Crippen molar-refractivity contribution in [1.82, 2.24) is 9.80 Å². The van der Waals surface area contributed by atoms with Gasteiger partial charge in [0.15, 0.2) is 0 Å². The van der Waals surface area contributed by atoms with Crippen LogP contribution in [0.4, 0.5) is 5.69 Å². The molecule has 0 aliphatic heterocycles. The Kier molecular flexibility index (Phi) is 7.79. The van der Waals surface area contributed by atoms with Crippen LogP contribution in [0.25, 0.3) is 0 Å². The van der Waals surface area contributed by atoms with Gasteiger partial charge in [0.05, 0.1) is 20.2 Å². The molecule has 0 spiro atoms. The maximum Gasteiger partial charge on any atom is 0.238 e. The van der Waals surface area contributed by atoms with Crippen LogP contribution in [0, 0.1) is 20.8 Å². The Morgan fingerprint density at radius 3 is 2.24 bits per heavy atom. The topological polar surface area (TPSA) is 61.9 Å². The molecule has 6 heteroatoms. The van der Waals surface area contributed by atoms with E-state index in [9.17, 15) is 9.59 Å². The number of methoxy groups -OCH3 is 1. The van der Waals surface area contributed by atoms with Crippen LogP contribution in [-0.4, -0.2) is 55.9 Å². The largest absolute Gasteiger partial charge is 0.496 e. The summed E-state index contributed by atoms with van der Waals surface area (Å²) in [5.41, 5.74) is 5.02. The molecule has 0 bridgehead atoms. The van der Waals surface area contributed by atoms with Gasteiger partial charge in [-0.1, -0.05) is 35.9 Å². The van der Waals surface area contributed by atoms with Crippen LogP contribution in [0.5, 0.6) is 5.75 Å². The Morgan fingerprint density at radius 2 is 1.62 bits per heavy atom. The van der Waals surface area contributed by atoms with Crippen LogP contribution in [0.2, 0.25) is 0 Å². The highest BCUT2D eigenvalue weighted by molar-refractivity contribution is 5.94. The molecular formula is C23H31N3O3. The summed E-state index contributed by atoms with van der Waals surface area (Å²) in [5, 5.41) is 2.97. The highest BCUT2D eigenvalue weighted by Gasteiger charge is 2.16. The predicted octanol–water partition coefficient (Wildman–Crippen LogP) is 3.15. The van der Waals surface area contributed by atoms with E-state index >= 15 is 0 Å². The zero-order chi connectivity index (χ0) is 21.6. The Hall–Kier alpha value is -2.86. The summed E-state index contributed by atoms with van der Waals surface area (Å²) in [5.74, 6) is 0.556. The van der Waals surface area contributed by atoms with Gasteiger partial charge in [-0.15, -0.1) is 0 Å². The first-order valence-corrected chi connectivity index (χ1v) is 9.63. The number of anilines is 1. The SMILES string of the molecule is COc1ccccc1CN(C)C(=O)CN(C)CC(=O)Nc1c(C)cc(C)cc1C. The Morgan fingerprint density at radius 1 is 1.00 bits per heavy atom. The molecule has 0 aliphatic carbocycles. The summed E-state index contributed by atoms with van der Waals surface area (Å²) in [6.07, 6.45) is 0. The number of para-hydroxylation sites is 1. The predicted molar refractivity (Wildman–Crippen MR) is 116 cm³/mol. The average Bonchev–Trinajstić information content (AvgIpc) is 2.64. The molecular weight excluding hydrogens is 366 g/mol. The second kappa shape index (κ2) is 10.1. The Bertz CT molecular complexity index is 856. The number of carbonyl (C=O) groups excluding carboxylic acids is 2. The second-order valence-electron chi connectivity index (χ2n) is 7.56. The molecule has 2 amide bonds. The van der Waals surface area contributed by atoms with Gasteiger partial charge in [0.1, 0.15) is 5.75 Å². The summed E-state index contributed by atoms with van der Waals surface area (Å²) in [6, 6.07) is 11.7. The Balaban J connectivity index is 1.90. The number of carbonyl (C=O) groups is 2. The van der Waals surface area contributed by atoms with Gasteiger partial charge in [0.2, 0.25) is 11.8 Å². The minimum absolute atomic E-state index is 0.0612. The van der Waals surface area contributed by atoms with Crippen molar-refractivity contribution in [3.63, 3.8) is 0 Å². The summed E-state index contributed by atoms with van der Waals surface area (Å²) in [4.78, 5) is 28.4. The van der Waals surface area contributed by atoms with Gasteiger partial charge in [-0.2, -0.15) is 0 Å². The number of nitrogens with zero attached hydrogens (tertiary/aromatic N) is 2. The molecule has 0 aromatic heterocycles. The molecule has 2 rings (SSSR count). The normalized spacial score (nSPS) is 10.7. The quantitative estimate of drug-likeness (QED) is 0.743. The minimum atomic E-state index is -0.136. The van der Waals surface area contributed by atoms with E-state index in [0.717, 1.165) is 28.1 Å². The van der Waals surface area contributed by atoms with Crippen LogP contribution in [0.3, 0.4) is 0 Å². The number of hydrogen-bond acceptors (Lipinski definition) is 4. The minimum Gasteiger partial charge on any atom is -0.496 e. The molecule has 0 fully saturated rings. The van der Waals surface area contributed by atoms with E-state index < -0.39 is 0 Å². The Labute approximate surface area is 173 Å². The fourth-order valence-corrected chi connectivity index (χ4v) is 3.39. The second-order valence-corrected chi connectivity index (χ2v) is 7.56. The molecule has 6 nitrogen and oxygen atoms in total.